The van der Waals surface area contributed by atoms with Gasteiger partial charge in [0.05, 0.1) is 59.1 Å². The fourth-order valence-corrected chi connectivity index (χ4v) is 6.69. The van der Waals surface area contributed by atoms with Crippen LogP contribution in [0.4, 0.5) is 17.5 Å². The molecule has 0 radical (unpaired) electrons. The number of pyridine rings is 1. The first-order valence-electron chi connectivity index (χ1n) is 14.1. The van der Waals surface area contributed by atoms with E-state index in [1.54, 1.807) is 30.1 Å². The molecular weight excluding hydrogens is 606 g/mol. The summed E-state index contributed by atoms with van der Waals surface area (Å²) in [4.78, 5) is 49.1. The van der Waals surface area contributed by atoms with Crippen LogP contribution < -0.4 is 25.4 Å². The summed E-state index contributed by atoms with van der Waals surface area (Å²) in [7, 11) is -2.09. The zero-order valence-corrected chi connectivity index (χ0v) is 26.4. The van der Waals surface area contributed by atoms with Crippen LogP contribution in [-0.2, 0) is 17.1 Å². The molecular formula is C29H32ClN9O4S. The van der Waals surface area contributed by atoms with Crippen molar-refractivity contribution >= 4 is 55.9 Å². The average Bonchev–Trinajstić information content (AvgIpc) is 3.56. The number of amides is 1. The van der Waals surface area contributed by atoms with Crippen molar-refractivity contribution in [2.75, 3.05) is 34.5 Å². The molecule has 1 aromatic carbocycles. The molecule has 13 nitrogen and oxygen atoms in total. The summed E-state index contributed by atoms with van der Waals surface area (Å²) in [6, 6.07) is 6.75. The fraction of sp³-hybridized carbons (Fsp3) is 0.379. The number of hydrogen-bond donors (Lipinski definition) is 2. The molecule has 2 bridgehead atoms. The number of anilines is 3. The summed E-state index contributed by atoms with van der Waals surface area (Å²) in [5.74, 6) is 0.521. The number of carbonyl (C=O) groups excluding carboxylic acids is 1. The zero-order chi connectivity index (χ0) is 31.5. The van der Waals surface area contributed by atoms with Crippen LogP contribution in [-0.4, -0.2) is 70.3 Å². The van der Waals surface area contributed by atoms with Crippen LogP contribution in [0.2, 0.25) is 5.15 Å². The first-order valence-corrected chi connectivity index (χ1v) is 16.3. The maximum Gasteiger partial charge on any atom is 0.285 e. The molecule has 44 heavy (non-hydrogen) atoms. The second-order valence-corrected chi connectivity index (χ2v) is 13.6. The minimum atomic E-state index is -3.83. The number of carbonyl (C=O) groups is 1. The van der Waals surface area contributed by atoms with Crippen molar-refractivity contribution in [3.63, 3.8) is 0 Å². The highest BCUT2D eigenvalue weighted by Crippen LogP contribution is 2.37. The number of benzene rings is 1. The smallest absolute Gasteiger partial charge is 0.285 e. The van der Waals surface area contributed by atoms with Crippen LogP contribution in [0.15, 0.2) is 41.5 Å². The van der Waals surface area contributed by atoms with Crippen molar-refractivity contribution in [1.82, 2.24) is 29.2 Å². The van der Waals surface area contributed by atoms with Crippen LogP contribution >= 0.6 is 11.6 Å². The van der Waals surface area contributed by atoms with Crippen molar-refractivity contribution in [2.24, 2.45) is 7.05 Å². The Bertz CT molecular complexity index is 1970. The highest BCUT2D eigenvalue weighted by molar-refractivity contribution is 7.89. The topological polar surface area (TPSA) is 155 Å². The molecule has 5 heterocycles. The molecule has 3 aromatic heterocycles. The number of fused-ring (bicyclic) bond motifs is 3. The molecule has 0 aliphatic carbocycles. The maximum atomic E-state index is 13.7. The normalized spacial score (nSPS) is 18.6. The molecule has 6 rings (SSSR count). The van der Waals surface area contributed by atoms with E-state index in [1.807, 2.05) is 37.6 Å². The van der Waals surface area contributed by atoms with Crippen LogP contribution in [0, 0.1) is 13.8 Å². The largest absolute Gasteiger partial charge is 0.377 e. The Morgan fingerprint density at radius 3 is 2.45 bits per heavy atom. The maximum absolute atomic E-state index is 13.7. The number of nitrogens with one attached hydrogen (secondary N) is 2. The number of aromatic nitrogens is 5. The summed E-state index contributed by atoms with van der Waals surface area (Å²) >= 11 is 6.04. The predicted molar refractivity (Wildman–Crippen MR) is 169 cm³/mol. The minimum absolute atomic E-state index is 0.0329. The van der Waals surface area contributed by atoms with Gasteiger partial charge < -0.3 is 15.1 Å². The first kappa shape index (κ1) is 29.8. The Kier molecular flexibility index (Phi) is 7.44. The van der Waals surface area contributed by atoms with E-state index in [4.69, 9.17) is 16.6 Å². The van der Waals surface area contributed by atoms with Gasteiger partial charge in [-0.05, 0) is 51.0 Å². The van der Waals surface area contributed by atoms with Crippen molar-refractivity contribution in [1.29, 1.82) is 0 Å². The summed E-state index contributed by atoms with van der Waals surface area (Å²) < 4.78 is 27.0. The number of halogens is 1. The fourth-order valence-electron chi connectivity index (χ4n) is 6.11. The van der Waals surface area contributed by atoms with Crippen LogP contribution in [0.25, 0.3) is 10.9 Å². The lowest BCUT2D eigenvalue weighted by Gasteiger charge is -2.36. The number of nitrogens with zero attached hydrogens (tertiary/aromatic N) is 7. The van der Waals surface area contributed by atoms with E-state index in [1.165, 1.54) is 6.07 Å². The average molecular weight is 638 g/mol. The molecule has 4 aromatic rings. The lowest BCUT2D eigenvalue weighted by Crippen LogP contribution is -2.48. The van der Waals surface area contributed by atoms with Gasteiger partial charge in [-0.15, -0.1) is 0 Å². The van der Waals surface area contributed by atoms with Gasteiger partial charge in [-0.2, -0.15) is 0 Å². The van der Waals surface area contributed by atoms with Gasteiger partial charge in [0.15, 0.2) is 5.69 Å². The Labute approximate surface area is 259 Å². The van der Waals surface area contributed by atoms with Crippen molar-refractivity contribution in [2.45, 2.75) is 45.3 Å². The molecule has 1 amide bonds. The van der Waals surface area contributed by atoms with Gasteiger partial charge in [-0.3, -0.25) is 19.1 Å². The second kappa shape index (κ2) is 11.0. The lowest BCUT2D eigenvalue weighted by molar-refractivity contribution is 0.0977. The van der Waals surface area contributed by atoms with E-state index in [9.17, 15) is 18.0 Å². The summed E-state index contributed by atoms with van der Waals surface area (Å²) in [5, 5.41) is 3.77. The van der Waals surface area contributed by atoms with E-state index < -0.39 is 22.0 Å². The standard InChI is InChI=1S/C29H32ClN9O4S/c1-15-8-20(17(3)33-22-6-7-23(30)34-26(22)27(40)36-44(5,42)43)25-21(9-15)28(41)37(4)29(35-25)39-14-18-10-19(39)13-38(18)24-12-31-16(2)11-32-24/h6-9,11-12,17-19,33H,10,13-14H2,1-5H3,(H,36,40)/t17-,18+,19+/m1/s1. The molecule has 230 valence electrons. The summed E-state index contributed by atoms with van der Waals surface area (Å²) in [5.41, 5.74) is 2.96. The van der Waals surface area contributed by atoms with Gasteiger partial charge >= 0.3 is 0 Å². The van der Waals surface area contributed by atoms with Gasteiger partial charge in [-0.1, -0.05) is 17.7 Å². The monoisotopic (exact) mass is 637 g/mol. The van der Waals surface area contributed by atoms with Crippen LogP contribution in [0.1, 0.15) is 46.7 Å². The molecule has 2 aliphatic rings. The van der Waals surface area contributed by atoms with Gasteiger partial charge in [0.1, 0.15) is 11.0 Å². The van der Waals surface area contributed by atoms with E-state index in [0.717, 1.165) is 41.9 Å². The molecule has 2 fully saturated rings. The van der Waals surface area contributed by atoms with Gasteiger partial charge in [0, 0.05) is 25.7 Å². The van der Waals surface area contributed by atoms with Crippen molar-refractivity contribution < 1.29 is 13.2 Å². The number of hydrogen-bond acceptors (Lipinski definition) is 11. The van der Waals surface area contributed by atoms with Crippen LogP contribution in [0.5, 0.6) is 0 Å². The molecule has 0 spiro atoms. The number of sulfonamides is 1. The van der Waals surface area contributed by atoms with E-state index in [2.05, 4.69) is 30.1 Å². The molecule has 15 heteroatoms. The molecule has 0 saturated carbocycles. The predicted octanol–water partition coefficient (Wildman–Crippen LogP) is 2.72. The molecule has 2 aliphatic heterocycles. The number of rotatable bonds is 7. The summed E-state index contributed by atoms with van der Waals surface area (Å²) in [6.45, 7) is 7.12. The Balaban J connectivity index is 1.35. The third-order valence-corrected chi connectivity index (χ3v) is 8.85. The Morgan fingerprint density at radius 1 is 1.07 bits per heavy atom. The highest BCUT2D eigenvalue weighted by Gasteiger charge is 2.45. The number of aryl methyl sites for hydroxylation is 2. The molecule has 3 atom stereocenters. The first-order chi connectivity index (χ1) is 20.8. The number of piperazine rings is 1. The van der Waals surface area contributed by atoms with E-state index in [0.29, 0.717) is 23.4 Å². The quantitative estimate of drug-likeness (QED) is 0.287. The summed E-state index contributed by atoms with van der Waals surface area (Å²) in [6.07, 6.45) is 5.38. The lowest BCUT2D eigenvalue weighted by atomic mass is 10.0. The Hall–Kier alpha value is -4.30. The Morgan fingerprint density at radius 2 is 1.80 bits per heavy atom. The van der Waals surface area contributed by atoms with Gasteiger partial charge in [0.25, 0.3) is 11.5 Å². The van der Waals surface area contributed by atoms with Crippen LogP contribution in [0.3, 0.4) is 0 Å². The van der Waals surface area contributed by atoms with E-state index in [-0.39, 0.29) is 34.2 Å². The second-order valence-electron chi connectivity index (χ2n) is 11.5. The third-order valence-electron chi connectivity index (χ3n) is 8.08. The van der Waals surface area contributed by atoms with Gasteiger partial charge in [0.2, 0.25) is 16.0 Å². The molecule has 0 unspecified atom stereocenters. The third kappa shape index (κ3) is 5.54. The van der Waals surface area contributed by atoms with Gasteiger partial charge in [-0.25, -0.2) is 28.1 Å². The van der Waals surface area contributed by atoms with E-state index >= 15 is 0 Å². The zero-order valence-electron chi connectivity index (χ0n) is 24.9. The SMILES string of the molecule is Cc1cc([C@@H](C)Nc2ccc(Cl)nc2C(=O)NS(C)(=O)=O)c2nc(N3C[C@@H]4C[C@H]3CN4c3cnc(C)cn3)n(C)c(=O)c2c1. The highest BCUT2D eigenvalue weighted by atomic mass is 35.5. The molecule has 2 saturated heterocycles. The van der Waals surface area contributed by atoms with Crippen molar-refractivity contribution in [3.8, 4) is 0 Å². The molecule has 2 N–H and O–H groups in total. The minimum Gasteiger partial charge on any atom is -0.377 e. The van der Waals surface area contributed by atoms with Crippen molar-refractivity contribution in [3.05, 3.63) is 74.7 Å².